The lowest BCUT2D eigenvalue weighted by Gasteiger charge is -2.23. The molecule has 0 unspecified atom stereocenters. The minimum atomic E-state index is -0.797. The van der Waals surface area contributed by atoms with Crippen molar-refractivity contribution in [3.8, 4) is 5.75 Å². The number of hydrogen-bond donors (Lipinski definition) is 0. The fraction of sp³-hybridized carbons (Fsp3) is 0.316. The number of pyridine rings is 1. The van der Waals surface area contributed by atoms with Crippen LogP contribution in [0.5, 0.6) is 5.75 Å². The van der Waals surface area contributed by atoms with Gasteiger partial charge in [-0.25, -0.2) is 14.2 Å². The number of carbonyl (C=O) groups excluding carboxylic acids is 2. The number of halogens is 1. The highest BCUT2D eigenvalue weighted by atomic mass is 32.2. The van der Waals surface area contributed by atoms with Crippen molar-refractivity contribution < 1.29 is 23.5 Å². The first kappa shape index (κ1) is 19.2. The maximum Gasteiger partial charge on any atom is 0.328 e. The van der Waals surface area contributed by atoms with Gasteiger partial charge in [0.1, 0.15) is 17.2 Å². The van der Waals surface area contributed by atoms with Crippen LogP contribution in [0, 0.1) is 5.82 Å². The Bertz CT molecular complexity index is 848. The number of para-hydroxylation sites is 1. The highest BCUT2D eigenvalue weighted by Gasteiger charge is 2.42. The number of carbonyl (C=O) groups is 2. The lowest BCUT2D eigenvalue weighted by Crippen LogP contribution is -2.41. The number of rotatable bonds is 5. The Balaban J connectivity index is 1.85. The number of benzene rings is 1. The van der Waals surface area contributed by atoms with Crippen LogP contribution in [-0.4, -0.2) is 53.8 Å². The average molecular weight is 390 g/mol. The summed E-state index contributed by atoms with van der Waals surface area (Å²) < 4.78 is 24.4. The van der Waals surface area contributed by atoms with Gasteiger partial charge in [0.2, 0.25) is 0 Å². The first-order chi connectivity index (χ1) is 13.0. The van der Waals surface area contributed by atoms with Gasteiger partial charge in [-0.3, -0.25) is 4.79 Å². The van der Waals surface area contributed by atoms with E-state index >= 15 is 0 Å². The van der Waals surface area contributed by atoms with Crippen molar-refractivity contribution in [3.05, 3.63) is 54.0 Å². The molecule has 2 atom stereocenters. The van der Waals surface area contributed by atoms with E-state index in [9.17, 15) is 14.0 Å². The lowest BCUT2D eigenvalue weighted by atomic mass is 10.2. The summed E-state index contributed by atoms with van der Waals surface area (Å²) in [6.45, 7) is 0.148. The molecule has 1 fully saturated rings. The molecule has 1 saturated heterocycles. The highest BCUT2D eigenvalue weighted by Crippen LogP contribution is 2.28. The predicted octanol–water partition coefficient (Wildman–Crippen LogP) is 2.78. The summed E-state index contributed by atoms with van der Waals surface area (Å²) in [4.78, 5) is 30.9. The Morgan fingerprint density at radius 2 is 2.04 bits per heavy atom. The van der Waals surface area contributed by atoms with Crippen molar-refractivity contribution in [2.75, 3.05) is 19.9 Å². The zero-order chi connectivity index (χ0) is 19.4. The standard InChI is InChI=1S/C19H19FN2O4S/c1-25-19(24)15-10-12(26-16-8-4-3-7-14(16)20)11-22(15)18(23)13-6-5-9-21-17(13)27-2/h3-9,12,15H,10-11H2,1-2H3/t12-,15-/m0/s1. The van der Waals surface area contributed by atoms with Crippen LogP contribution in [0.3, 0.4) is 0 Å². The Morgan fingerprint density at radius 3 is 2.74 bits per heavy atom. The number of hydrogen-bond acceptors (Lipinski definition) is 6. The van der Waals surface area contributed by atoms with Gasteiger partial charge >= 0.3 is 5.97 Å². The van der Waals surface area contributed by atoms with Crippen molar-refractivity contribution in [3.63, 3.8) is 0 Å². The molecular formula is C19H19FN2O4S. The maximum absolute atomic E-state index is 13.9. The van der Waals surface area contributed by atoms with Gasteiger partial charge in [-0.05, 0) is 30.5 Å². The number of nitrogens with zero attached hydrogens (tertiary/aromatic N) is 2. The van der Waals surface area contributed by atoms with E-state index in [-0.39, 0.29) is 24.6 Å². The fourth-order valence-corrected chi connectivity index (χ4v) is 3.60. The lowest BCUT2D eigenvalue weighted by molar-refractivity contribution is -0.145. The summed E-state index contributed by atoms with van der Waals surface area (Å²) in [6, 6.07) is 8.58. The second-order valence-corrected chi connectivity index (χ2v) is 6.76. The molecule has 0 saturated carbocycles. The van der Waals surface area contributed by atoms with E-state index in [0.29, 0.717) is 10.6 Å². The van der Waals surface area contributed by atoms with E-state index in [0.717, 1.165) is 0 Å². The molecule has 1 amide bonds. The zero-order valence-electron chi connectivity index (χ0n) is 14.9. The monoisotopic (exact) mass is 390 g/mol. The summed E-state index contributed by atoms with van der Waals surface area (Å²) >= 11 is 1.35. The van der Waals surface area contributed by atoms with Crippen LogP contribution in [0.1, 0.15) is 16.8 Å². The largest absolute Gasteiger partial charge is 0.485 e. The molecule has 6 nitrogen and oxygen atoms in total. The van der Waals surface area contributed by atoms with Crippen LogP contribution in [-0.2, 0) is 9.53 Å². The van der Waals surface area contributed by atoms with Gasteiger partial charge in [-0.2, -0.15) is 0 Å². The number of ether oxygens (including phenoxy) is 2. The number of aromatic nitrogens is 1. The summed E-state index contributed by atoms with van der Waals surface area (Å²) in [5, 5.41) is 0.574. The summed E-state index contributed by atoms with van der Waals surface area (Å²) in [7, 11) is 1.27. The molecule has 0 bridgehead atoms. The van der Waals surface area contributed by atoms with E-state index in [1.807, 2.05) is 6.26 Å². The van der Waals surface area contributed by atoms with Gasteiger partial charge in [-0.15, -0.1) is 11.8 Å². The predicted molar refractivity (Wildman–Crippen MR) is 98.3 cm³/mol. The topological polar surface area (TPSA) is 68.7 Å². The summed E-state index contributed by atoms with van der Waals surface area (Å²) in [5.74, 6) is -1.26. The van der Waals surface area contributed by atoms with Crippen molar-refractivity contribution in [2.45, 2.75) is 23.6 Å². The molecule has 1 aliphatic rings. The Kier molecular flexibility index (Phi) is 5.95. The molecule has 27 heavy (non-hydrogen) atoms. The molecule has 0 N–H and O–H groups in total. The van der Waals surface area contributed by atoms with E-state index in [1.165, 1.54) is 35.9 Å². The van der Waals surface area contributed by atoms with Crippen LogP contribution in [0.25, 0.3) is 0 Å². The van der Waals surface area contributed by atoms with Gasteiger partial charge in [-0.1, -0.05) is 12.1 Å². The summed E-state index contributed by atoms with van der Waals surface area (Å²) in [5.41, 5.74) is 0.408. The minimum absolute atomic E-state index is 0.0894. The zero-order valence-corrected chi connectivity index (χ0v) is 15.7. The van der Waals surface area contributed by atoms with Crippen LogP contribution in [0.2, 0.25) is 0 Å². The van der Waals surface area contributed by atoms with Crippen molar-refractivity contribution in [1.82, 2.24) is 9.88 Å². The van der Waals surface area contributed by atoms with E-state index < -0.39 is 23.9 Å². The van der Waals surface area contributed by atoms with Crippen LogP contribution in [0.15, 0.2) is 47.6 Å². The molecule has 2 heterocycles. The number of thioether (sulfide) groups is 1. The molecule has 1 aromatic heterocycles. The Labute approximate surface area is 160 Å². The maximum atomic E-state index is 13.9. The molecule has 0 aliphatic carbocycles. The Morgan fingerprint density at radius 1 is 1.26 bits per heavy atom. The molecule has 2 aromatic rings. The number of methoxy groups -OCH3 is 1. The molecule has 8 heteroatoms. The van der Waals surface area contributed by atoms with Crippen molar-refractivity contribution >= 4 is 23.6 Å². The van der Waals surface area contributed by atoms with Crippen molar-refractivity contribution in [1.29, 1.82) is 0 Å². The molecule has 142 valence electrons. The molecule has 1 aliphatic heterocycles. The van der Waals surface area contributed by atoms with E-state index in [2.05, 4.69) is 4.98 Å². The smallest absolute Gasteiger partial charge is 0.328 e. The molecule has 3 rings (SSSR count). The Hall–Kier alpha value is -2.61. The number of amides is 1. The van der Waals surface area contributed by atoms with E-state index in [1.54, 1.807) is 30.5 Å². The highest BCUT2D eigenvalue weighted by molar-refractivity contribution is 7.98. The first-order valence-electron chi connectivity index (χ1n) is 8.34. The molecular weight excluding hydrogens is 371 g/mol. The normalized spacial score (nSPS) is 19.0. The third-order valence-corrected chi connectivity index (χ3v) is 5.03. The van der Waals surface area contributed by atoms with Crippen LogP contribution < -0.4 is 4.74 Å². The second-order valence-electron chi connectivity index (χ2n) is 5.96. The fourth-order valence-electron chi connectivity index (χ4n) is 3.06. The third-order valence-electron chi connectivity index (χ3n) is 4.32. The first-order valence-corrected chi connectivity index (χ1v) is 9.56. The van der Waals surface area contributed by atoms with Gasteiger partial charge in [0, 0.05) is 12.6 Å². The van der Waals surface area contributed by atoms with Gasteiger partial charge in [0.05, 0.1) is 19.2 Å². The molecule has 0 radical (unpaired) electrons. The number of esters is 1. The van der Waals surface area contributed by atoms with Crippen molar-refractivity contribution in [2.24, 2.45) is 0 Å². The quantitative estimate of drug-likeness (QED) is 0.578. The van der Waals surface area contributed by atoms with Gasteiger partial charge in [0.15, 0.2) is 11.6 Å². The SMILES string of the molecule is COC(=O)[C@@H]1C[C@H](Oc2ccccc2F)CN1C(=O)c1cccnc1SC. The van der Waals surface area contributed by atoms with Gasteiger partial charge in [0.25, 0.3) is 5.91 Å². The van der Waals surface area contributed by atoms with E-state index in [4.69, 9.17) is 9.47 Å². The summed E-state index contributed by atoms with van der Waals surface area (Å²) in [6.07, 6.45) is 3.13. The average Bonchev–Trinajstić information content (AvgIpc) is 3.12. The van der Waals surface area contributed by atoms with Crippen LogP contribution in [0.4, 0.5) is 4.39 Å². The third kappa shape index (κ3) is 4.05. The molecule has 0 spiro atoms. The minimum Gasteiger partial charge on any atom is -0.485 e. The van der Waals surface area contributed by atoms with Gasteiger partial charge < -0.3 is 14.4 Å². The number of likely N-dealkylation sites (tertiary alicyclic amines) is 1. The van der Waals surface area contributed by atoms with Crippen LogP contribution >= 0.6 is 11.8 Å². The second kappa shape index (κ2) is 8.39. The molecule has 1 aromatic carbocycles.